The maximum absolute atomic E-state index is 13.6. The number of hydrogen-bond acceptors (Lipinski definition) is 3. The minimum Gasteiger partial charge on any atom is -0.494 e. The summed E-state index contributed by atoms with van der Waals surface area (Å²) < 4.78 is 18.6. The van der Waals surface area contributed by atoms with Crippen LogP contribution in [0.5, 0.6) is 5.75 Å². The largest absolute Gasteiger partial charge is 0.494 e. The summed E-state index contributed by atoms with van der Waals surface area (Å²) in [6.45, 7) is 6.03. The molecule has 17 heavy (non-hydrogen) atoms. The molecule has 1 atom stereocenters. The Kier molecular flexibility index (Phi) is 3.84. The van der Waals surface area contributed by atoms with Gasteiger partial charge in [-0.05, 0) is 24.6 Å². The zero-order valence-corrected chi connectivity index (χ0v) is 10.4. The third-order valence-corrected chi connectivity index (χ3v) is 3.08. The molecule has 1 aliphatic heterocycles. The normalized spacial score (nSPS) is 21.1. The Bertz CT molecular complexity index is 384. The van der Waals surface area contributed by atoms with Crippen LogP contribution in [0.15, 0.2) is 18.2 Å². The molecule has 94 valence electrons. The van der Waals surface area contributed by atoms with Crippen molar-refractivity contribution in [1.82, 2.24) is 5.32 Å². The van der Waals surface area contributed by atoms with Gasteiger partial charge in [-0.2, -0.15) is 0 Å². The average Bonchev–Trinajstić information content (AvgIpc) is 2.54. The fraction of sp³-hybridized carbons (Fsp3) is 0.538. The van der Waals surface area contributed by atoms with E-state index in [0.717, 1.165) is 31.9 Å². The molecule has 2 rings (SSSR count). The molecule has 1 saturated heterocycles. The van der Waals surface area contributed by atoms with E-state index in [1.807, 2.05) is 6.07 Å². The molecule has 0 spiro atoms. The van der Waals surface area contributed by atoms with Gasteiger partial charge in [0.25, 0.3) is 0 Å². The van der Waals surface area contributed by atoms with Gasteiger partial charge >= 0.3 is 0 Å². The van der Waals surface area contributed by atoms with Crippen LogP contribution in [0.1, 0.15) is 6.92 Å². The van der Waals surface area contributed by atoms with Crippen LogP contribution in [0.2, 0.25) is 0 Å². The lowest BCUT2D eigenvalue weighted by atomic mass is 10.1. The Labute approximate surface area is 102 Å². The summed E-state index contributed by atoms with van der Waals surface area (Å²) in [5.41, 5.74) is 0.929. The van der Waals surface area contributed by atoms with Gasteiger partial charge in [0.2, 0.25) is 0 Å². The Morgan fingerprint density at radius 2 is 2.29 bits per heavy atom. The molecule has 3 nitrogen and oxygen atoms in total. The molecule has 0 radical (unpaired) electrons. The Morgan fingerprint density at radius 3 is 3.00 bits per heavy atom. The highest BCUT2D eigenvalue weighted by Crippen LogP contribution is 2.24. The molecule has 1 fully saturated rings. The van der Waals surface area contributed by atoms with Gasteiger partial charge in [-0.3, -0.25) is 0 Å². The van der Waals surface area contributed by atoms with E-state index in [4.69, 9.17) is 4.74 Å². The monoisotopic (exact) mass is 238 g/mol. The second kappa shape index (κ2) is 5.36. The number of methoxy groups -OCH3 is 1. The van der Waals surface area contributed by atoms with Crippen LogP contribution in [0, 0.1) is 11.7 Å². The molecule has 1 aromatic carbocycles. The number of rotatable bonds is 2. The van der Waals surface area contributed by atoms with Crippen molar-refractivity contribution in [2.45, 2.75) is 6.92 Å². The van der Waals surface area contributed by atoms with Crippen LogP contribution in [-0.2, 0) is 0 Å². The molecule has 1 heterocycles. The molecule has 1 N–H and O–H groups in total. The number of benzene rings is 1. The van der Waals surface area contributed by atoms with Crippen LogP contribution >= 0.6 is 0 Å². The first-order chi connectivity index (χ1) is 8.20. The number of ether oxygens (including phenoxy) is 1. The lowest BCUT2D eigenvalue weighted by molar-refractivity contribution is 0.386. The second-order valence-corrected chi connectivity index (χ2v) is 4.57. The van der Waals surface area contributed by atoms with E-state index in [1.54, 1.807) is 12.1 Å². The predicted octanol–water partition coefficient (Wildman–Crippen LogP) is 1.88. The van der Waals surface area contributed by atoms with Crippen LogP contribution in [0.25, 0.3) is 0 Å². The summed E-state index contributed by atoms with van der Waals surface area (Å²) in [5, 5.41) is 3.37. The lowest BCUT2D eigenvalue weighted by Gasteiger charge is -2.24. The van der Waals surface area contributed by atoms with Crippen molar-refractivity contribution in [3.8, 4) is 5.75 Å². The number of nitrogens with one attached hydrogen (secondary N) is 1. The van der Waals surface area contributed by atoms with Crippen molar-refractivity contribution >= 4 is 5.69 Å². The Balaban J connectivity index is 2.17. The van der Waals surface area contributed by atoms with Crippen LogP contribution in [0.4, 0.5) is 10.1 Å². The maximum atomic E-state index is 13.6. The first-order valence-corrected chi connectivity index (χ1v) is 6.00. The van der Waals surface area contributed by atoms with Crippen molar-refractivity contribution in [3.63, 3.8) is 0 Å². The molecule has 1 aromatic rings. The number of anilines is 1. The van der Waals surface area contributed by atoms with Gasteiger partial charge < -0.3 is 15.0 Å². The summed E-state index contributed by atoms with van der Waals surface area (Å²) >= 11 is 0. The zero-order chi connectivity index (χ0) is 12.3. The van der Waals surface area contributed by atoms with E-state index >= 15 is 0 Å². The number of hydrogen-bond donors (Lipinski definition) is 1. The third-order valence-electron chi connectivity index (χ3n) is 3.08. The minimum absolute atomic E-state index is 0.296. The topological polar surface area (TPSA) is 24.5 Å². The van der Waals surface area contributed by atoms with Gasteiger partial charge in [-0.1, -0.05) is 6.92 Å². The van der Waals surface area contributed by atoms with Gasteiger partial charge in [-0.25, -0.2) is 4.39 Å². The molecular weight excluding hydrogens is 219 g/mol. The molecule has 4 heteroatoms. The summed E-state index contributed by atoms with van der Waals surface area (Å²) in [6.07, 6.45) is 0. The quantitative estimate of drug-likeness (QED) is 0.851. The fourth-order valence-corrected chi connectivity index (χ4v) is 2.18. The van der Waals surface area contributed by atoms with E-state index in [9.17, 15) is 4.39 Å². The Morgan fingerprint density at radius 1 is 1.47 bits per heavy atom. The van der Waals surface area contributed by atoms with Gasteiger partial charge in [-0.15, -0.1) is 0 Å². The standard InChI is InChI=1S/C13H19FN2O/c1-10-8-15-5-6-16(9-10)11-3-4-13(17-2)12(14)7-11/h3-4,7,10,15H,5-6,8-9H2,1-2H3. The van der Waals surface area contributed by atoms with E-state index < -0.39 is 0 Å². The van der Waals surface area contributed by atoms with E-state index in [-0.39, 0.29) is 5.82 Å². The van der Waals surface area contributed by atoms with E-state index in [1.165, 1.54) is 7.11 Å². The highest BCUT2D eigenvalue weighted by atomic mass is 19.1. The minimum atomic E-state index is -0.296. The molecule has 0 bridgehead atoms. The van der Waals surface area contributed by atoms with Gasteiger partial charge in [0.05, 0.1) is 7.11 Å². The average molecular weight is 238 g/mol. The maximum Gasteiger partial charge on any atom is 0.167 e. The van der Waals surface area contributed by atoms with Crippen LogP contribution in [-0.4, -0.2) is 33.3 Å². The molecular formula is C13H19FN2O. The summed E-state index contributed by atoms with van der Waals surface area (Å²) in [4.78, 5) is 2.22. The summed E-state index contributed by atoms with van der Waals surface area (Å²) in [5.74, 6) is 0.576. The van der Waals surface area contributed by atoms with Crippen LogP contribution in [0.3, 0.4) is 0 Å². The highest BCUT2D eigenvalue weighted by molar-refractivity contribution is 5.50. The van der Waals surface area contributed by atoms with Gasteiger partial charge in [0.15, 0.2) is 11.6 Å². The first-order valence-electron chi connectivity index (χ1n) is 6.00. The second-order valence-electron chi connectivity index (χ2n) is 4.57. The van der Waals surface area contributed by atoms with E-state index in [2.05, 4.69) is 17.1 Å². The smallest absolute Gasteiger partial charge is 0.167 e. The molecule has 1 aliphatic rings. The van der Waals surface area contributed by atoms with Gasteiger partial charge in [0, 0.05) is 31.4 Å². The zero-order valence-electron chi connectivity index (χ0n) is 10.4. The fourth-order valence-electron chi connectivity index (χ4n) is 2.18. The number of nitrogens with zero attached hydrogens (tertiary/aromatic N) is 1. The van der Waals surface area contributed by atoms with Crippen molar-refractivity contribution in [2.24, 2.45) is 5.92 Å². The molecule has 0 aromatic heterocycles. The number of halogens is 1. The SMILES string of the molecule is COc1ccc(N2CCNCC(C)C2)cc1F. The molecule has 0 saturated carbocycles. The van der Waals surface area contributed by atoms with Crippen molar-refractivity contribution in [2.75, 3.05) is 38.2 Å². The lowest BCUT2D eigenvalue weighted by Crippen LogP contribution is -2.29. The summed E-state index contributed by atoms with van der Waals surface area (Å²) in [7, 11) is 1.48. The Hall–Kier alpha value is -1.29. The van der Waals surface area contributed by atoms with Gasteiger partial charge in [0.1, 0.15) is 0 Å². The van der Waals surface area contributed by atoms with Crippen molar-refractivity contribution in [1.29, 1.82) is 0 Å². The van der Waals surface area contributed by atoms with Crippen molar-refractivity contribution in [3.05, 3.63) is 24.0 Å². The van der Waals surface area contributed by atoms with Crippen molar-refractivity contribution < 1.29 is 9.13 Å². The molecule has 1 unspecified atom stereocenters. The highest BCUT2D eigenvalue weighted by Gasteiger charge is 2.16. The first kappa shape index (κ1) is 12.2. The van der Waals surface area contributed by atoms with E-state index in [0.29, 0.717) is 11.7 Å². The summed E-state index contributed by atoms with van der Waals surface area (Å²) in [6, 6.07) is 5.16. The predicted molar refractivity (Wildman–Crippen MR) is 67.2 cm³/mol. The molecule has 0 aliphatic carbocycles. The third kappa shape index (κ3) is 2.88. The molecule has 0 amide bonds. The van der Waals surface area contributed by atoms with Crippen LogP contribution < -0.4 is 15.0 Å².